The molecule has 2 rings (SSSR count). The van der Waals surface area contributed by atoms with E-state index in [1.54, 1.807) is 11.6 Å². The van der Waals surface area contributed by atoms with Crippen molar-refractivity contribution in [3.8, 4) is 0 Å². The van der Waals surface area contributed by atoms with Gasteiger partial charge in [0.2, 0.25) is 0 Å². The number of aryl methyl sites for hydroxylation is 1. The number of imidazole rings is 1. The van der Waals surface area contributed by atoms with Crippen molar-refractivity contribution in [3.63, 3.8) is 0 Å². The van der Waals surface area contributed by atoms with Crippen LogP contribution in [0.1, 0.15) is 36.9 Å². The highest BCUT2D eigenvalue weighted by Gasteiger charge is 2.18. The number of hydrogen-bond acceptors (Lipinski definition) is 4. The first-order chi connectivity index (χ1) is 10.3. The fourth-order valence-corrected chi connectivity index (χ4v) is 3.08. The van der Waals surface area contributed by atoms with E-state index in [1.807, 2.05) is 24.3 Å². The summed E-state index contributed by atoms with van der Waals surface area (Å²) in [6.45, 7) is 4.37. The Balaban J connectivity index is 2.01. The van der Waals surface area contributed by atoms with Crippen LogP contribution in [0.2, 0.25) is 0 Å². The molecule has 6 nitrogen and oxygen atoms in total. The third-order valence-electron chi connectivity index (χ3n) is 3.48. The number of nitrogens with zero attached hydrogens (tertiary/aromatic N) is 2. The molecule has 120 valence electrons. The number of benzene rings is 1. The highest BCUT2D eigenvalue weighted by atomic mass is 32.2. The lowest BCUT2D eigenvalue weighted by molar-refractivity contribution is 0.569. The van der Waals surface area contributed by atoms with Gasteiger partial charge in [-0.05, 0) is 17.0 Å². The molecule has 1 aromatic carbocycles. The summed E-state index contributed by atoms with van der Waals surface area (Å²) in [5.74, 6) is 0.452. The Bertz CT molecular complexity index is 720. The molecule has 0 saturated carbocycles. The quantitative estimate of drug-likeness (QED) is 0.844. The van der Waals surface area contributed by atoms with E-state index >= 15 is 0 Å². The van der Waals surface area contributed by atoms with Crippen molar-refractivity contribution < 1.29 is 8.42 Å². The van der Waals surface area contributed by atoms with Crippen LogP contribution in [0.5, 0.6) is 0 Å². The molecule has 0 amide bonds. The molecule has 22 heavy (non-hydrogen) atoms. The Hall–Kier alpha value is -1.70. The molecule has 1 heterocycles. The van der Waals surface area contributed by atoms with Crippen molar-refractivity contribution >= 4 is 10.0 Å². The molecule has 2 aromatic rings. The smallest absolute Gasteiger partial charge is 0.259 e. The lowest BCUT2D eigenvalue weighted by Crippen LogP contribution is -2.32. The predicted octanol–water partition coefficient (Wildman–Crippen LogP) is 1.52. The minimum absolute atomic E-state index is 0.00245. The molecule has 0 bridgehead atoms. The SMILES string of the molecule is CC(C)c1ccc(C(N)CNS(=O)(=O)c2cn(C)cn2)cc1. The van der Waals surface area contributed by atoms with E-state index in [-0.39, 0.29) is 11.6 Å². The summed E-state index contributed by atoms with van der Waals surface area (Å²) in [6.07, 6.45) is 2.89. The monoisotopic (exact) mass is 322 g/mol. The average Bonchev–Trinajstić information content (AvgIpc) is 2.92. The second kappa shape index (κ2) is 6.60. The van der Waals surface area contributed by atoms with Crippen LogP contribution in [0.15, 0.2) is 41.8 Å². The highest BCUT2D eigenvalue weighted by molar-refractivity contribution is 7.89. The Kier molecular flexibility index (Phi) is 5.00. The van der Waals surface area contributed by atoms with Gasteiger partial charge in [0, 0.05) is 25.8 Å². The first kappa shape index (κ1) is 16.7. The number of rotatable bonds is 6. The molecular weight excluding hydrogens is 300 g/mol. The van der Waals surface area contributed by atoms with E-state index < -0.39 is 16.1 Å². The molecule has 0 aliphatic carbocycles. The van der Waals surface area contributed by atoms with Gasteiger partial charge in [-0.2, -0.15) is 0 Å². The number of aromatic nitrogens is 2. The van der Waals surface area contributed by atoms with Crippen LogP contribution in [0.4, 0.5) is 0 Å². The zero-order valence-electron chi connectivity index (χ0n) is 13.0. The molecule has 0 radical (unpaired) electrons. The summed E-state index contributed by atoms with van der Waals surface area (Å²) in [5.41, 5.74) is 8.18. The number of sulfonamides is 1. The van der Waals surface area contributed by atoms with Crippen molar-refractivity contribution in [1.82, 2.24) is 14.3 Å². The standard InChI is InChI=1S/C15H22N4O2S/c1-11(2)12-4-6-13(7-5-12)14(16)8-18-22(20,21)15-9-19(3)10-17-15/h4-7,9-11,14,18H,8,16H2,1-3H3. The minimum atomic E-state index is -3.63. The molecule has 0 fully saturated rings. The maximum atomic E-state index is 12.1. The van der Waals surface area contributed by atoms with Gasteiger partial charge in [-0.25, -0.2) is 18.1 Å². The normalized spacial score (nSPS) is 13.5. The van der Waals surface area contributed by atoms with Crippen LogP contribution < -0.4 is 10.5 Å². The molecule has 0 aliphatic heterocycles. The van der Waals surface area contributed by atoms with Crippen molar-refractivity contribution in [3.05, 3.63) is 47.9 Å². The fourth-order valence-electron chi connectivity index (χ4n) is 2.05. The van der Waals surface area contributed by atoms with Gasteiger partial charge in [-0.3, -0.25) is 0 Å². The number of hydrogen-bond donors (Lipinski definition) is 2. The molecule has 1 atom stereocenters. The lowest BCUT2D eigenvalue weighted by Gasteiger charge is -2.14. The maximum Gasteiger partial charge on any atom is 0.259 e. The summed E-state index contributed by atoms with van der Waals surface area (Å²) in [6, 6.07) is 7.52. The van der Waals surface area contributed by atoms with E-state index in [0.717, 1.165) is 5.56 Å². The van der Waals surface area contributed by atoms with Gasteiger partial charge in [-0.15, -0.1) is 0 Å². The first-order valence-corrected chi connectivity index (χ1v) is 8.61. The topological polar surface area (TPSA) is 90.0 Å². The zero-order chi connectivity index (χ0) is 16.3. The molecule has 3 N–H and O–H groups in total. The van der Waals surface area contributed by atoms with Crippen LogP contribution in [-0.4, -0.2) is 24.5 Å². The number of nitrogens with two attached hydrogens (primary N) is 1. The van der Waals surface area contributed by atoms with Crippen molar-refractivity contribution in [1.29, 1.82) is 0 Å². The first-order valence-electron chi connectivity index (χ1n) is 7.12. The zero-order valence-corrected chi connectivity index (χ0v) is 13.8. The Morgan fingerprint density at radius 2 is 1.82 bits per heavy atom. The Morgan fingerprint density at radius 1 is 1.23 bits per heavy atom. The average molecular weight is 322 g/mol. The van der Waals surface area contributed by atoms with Gasteiger partial charge < -0.3 is 10.3 Å². The van der Waals surface area contributed by atoms with Gasteiger partial charge in [0.25, 0.3) is 10.0 Å². The molecule has 0 saturated heterocycles. The molecule has 1 aromatic heterocycles. The van der Waals surface area contributed by atoms with Gasteiger partial charge in [0.1, 0.15) is 0 Å². The van der Waals surface area contributed by atoms with E-state index in [4.69, 9.17) is 5.73 Å². The summed E-state index contributed by atoms with van der Waals surface area (Å²) in [4.78, 5) is 3.84. The van der Waals surface area contributed by atoms with Gasteiger partial charge in [0.05, 0.1) is 6.33 Å². The summed E-state index contributed by atoms with van der Waals surface area (Å²) in [5, 5.41) is -0.00245. The predicted molar refractivity (Wildman–Crippen MR) is 85.9 cm³/mol. The van der Waals surface area contributed by atoms with E-state index in [1.165, 1.54) is 18.1 Å². The van der Waals surface area contributed by atoms with Gasteiger partial charge in [0.15, 0.2) is 5.03 Å². The van der Waals surface area contributed by atoms with Crippen molar-refractivity contribution in [2.24, 2.45) is 12.8 Å². The largest absolute Gasteiger partial charge is 0.339 e. The number of nitrogens with one attached hydrogen (secondary N) is 1. The van der Waals surface area contributed by atoms with Crippen molar-refractivity contribution in [2.45, 2.75) is 30.8 Å². The molecule has 0 spiro atoms. The van der Waals surface area contributed by atoms with Crippen LogP contribution in [-0.2, 0) is 17.1 Å². The second-order valence-electron chi connectivity index (χ2n) is 5.66. The van der Waals surface area contributed by atoms with Gasteiger partial charge >= 0.3 is 0 Å². The van der Waals surface area contributed by atoms with E-state index in [9.17, 15) is 8.42 Å². The van der Waals surface area contributed by atoms with Crippen LogP contribution >= 0.6 is 0 Å². The third kappa shape index (κ3) is 3.94. The molecule has 1 unspecified atom stereocenters. The molecular formula is C15H22N4O2S. The van der Waals surface area contributed by atoms with Crippen molar-refractivity contribution in [2.75, 3.05) is 6.54 Å². The maximum absolute atomic E-state index is 12.1. The highest BCUT2D eigenvalue weighted by Crippen LogP contribution is 2.17. The van der Waals surface area contributed by atoms with Crippen LogP contribution in [0, 0.1) is 0 Å². The summed E-state index contributed by atoms with van der Waals surface area (Å²) >= 11 is 0. The fraction of sp³-hybridized carbons (Fsp3) is 0.400. The summed E-state index contributed by atoms with van der Waals surface area (Å²) < 4.78 is 28.2. The minimum Gasteiger partial charge on any atom is -0.339 e. The molecule has 7 heteroatoms. The lowest BCUT2D eigenvalue weighted by atomic mass is 9.99. The Morgan fingerprint density at radius 3 is 2.32 bits per heavy atom. The summed E-state index contributed by atoms with van der Waals surface area (Å²) in [7, 11) is -1.91. The Labute approximate surface area is 131 Å². The van der Waals surface area contributed by atoms with Crippen LogP contribution in [0.3, 0.4) is 0 Å². The molecule has 0 aliphatic rings. The van der Waals surface area contributed by atoms with Crippen LogP contribution in [0.25, 0.3) is 0 Å². The van der Waals surface area contributed by atoms with E-state index in [0.29, 0.717) is 5.92 Å². The van der Waals surface area contributed by atoms with Gasteiger partial charge in [-0.1, -0.05) is 38.1 Å². The van der Waals surface area contributed by atoms with E-state index in [2.05, 4.69) is 23.6 Å². The third-order valence-corrected chi connectivity index (χ3v) is 4.79. The second-order valence-corrected chi connectivity index (χ2v) is 7.37.